The summed E-state index contributed by atoms with van der Waals surface area (Å²) in [5, 5.41) is 16.0. The van der Waals surface area contributed by atoms with Gasteiger partial charge >= 0.3 is 0 Å². The van der Waals surface area contributed by atoms with Gasteiger partial charge in [0.2, 0.25) is 0 Å². The molecule has 4 atom stereocenters. The summed E-state index contributed by atoms with van der Waals surface area (Å²) >= 11 is 1.60. The number of thiophene rings is 1. The van der Waals surface area contributed by atoms with Crippen LogP contribution in [0, 0.1) is 17.6 Å². The van der Waals surface area contributed by atoms with Crippen LogP contribution in [0.1, 0.15) is 23.5 Å². The number of halogens is 2. The first-order chi connectivity index (χ1) is 20.3. The standard InChI is InChI=1S/C29H27F2N8OPS/c1-16-12-38(13-20(32)28(16)39-14-23(36-37-39)17-8-10-42-15-17)24-7-9-33-11-22(24)35-29(40)21-6-5-19(31)27(34-21)26-18(30)3-2-4-25(26)41/h2-11,14-16,20,28H,12-13,32,41H2,1H3,(H,35,40)/t16-,20+,28-/m0/s1. The lowest BCUT2D eigenvalue weighted by atomic mass is 9.90. The minimum absolute atomic E-state index is 0.0163. The number of hydrogen-bond donors (Lipinski definition) is 2. The highest BCUT2D eigenvalue weighted by Gasteiger charge is 2.35. The summed E-state index contributed by atoms with van der Waals surface area (Å²) in [7, 11) is 2.37. The highest BCUT2D eigenvalue weighted by atomic mass is 32.1. The fourth-order valence-corrected chi connectivity index (χ4v) is 6.45. The molecular formula is C29H27F2N8OPS. The molecule has 1 aliphatic rings. The number of amides is 1. The number of carbonyl (C=O) groups is 1. The lowest BCUT2D eigenvalue weighted by Crippen LogP contribution is -2.53. The number of hydrogen-bond acceptors (Lipinski definition) is 8. The fourth-order valence-electron chi connectivity index (χ4n) is 5.41. The van der Waals surface area contributed by atoms with Crippen LogP contribution in [0.5, 0.6) is 0 Å². The van der Waals surface area contributed by atoms with E-state index < -0.39 is 17.5 Å². The number of benzene rings is 1. The zero-order chi connectivity index (χ0) is 29.4. The number of nitrogens with one attached hydrogen (secondary N) is 1. The lowest BCUT2D eigenvalue weighted by molar-refractivity contribution is 0.102. The van der Waals surface area contributed by atoms with E-state index in [0.29, 0.717) is 24.1 Å². The Bertz CT molecular complexity index is 1720. The number of rotatable bonds is 6. The van der Waals surface area contributed by atoms with E-state index in [9.17, 15) is 13.6 Å². The Morgan fingerprint density at radius 2 is 2.00 bits per heavy atom. The van der Waals surface area contributed by atoms with Crippen molar-refractivity contribution in [3.8, 4) is 22.5 Å². The quantitative estimate of drug-likeness (QED) is 0.274. The van der Waals surface area contributed by atoms with Crippen LogP contribution in [0.25, 0.3) is 22.5 Å². The van der Waals surface area contributed by atoms with Crippen molar-refractivity contribution >= 4 is 43.2 Å². The topological polar surface area (TPSA) is 115 Å². The molecule has 0 radical (unpaired) electrons. The molecule has 214 valence electrons. The summed E-state index contributed by atoms with van der Waals surface area (Å²) in [6, 6.07) is 10.2. The molecule has 0 bridgehead atoms. The Morgan fingerprint density at radius 3 is 2.76 bits per heavy atom. The van der Waals surface area contributed by atoms with Gasteiger partial charge in [0.25, 0.3) is 5.91 Å². The number of nitrogens with two attached hydrogens (primary N) is 1. The van der Waals surface area contributed by atoms with Crippen LogP contribution < -0.4 is 21.3 Å². The van der Waals surface area contributed by atoms with Crippen molar-refractivity contribution in [2.24, 2.45) is 11.7 Å². The number of nitrogens with zero attached hydrogens (tertiary/aromatic N) is 6. The molecule has 0 spiro atoms. The number of aromatic nitrogens is 5. The Kier molecular flexibility index (Phi) is 7.76. The fraction of sp³-hybridized carbons (Fsp3) is 0.207. The Balaban J connectivity index is 1.22. The van der Waals surface area contributed by atoms with Gasteiger partial charge in [0.1, 0.15) is 28.7 Å². The van der Waals surface area contributed by atoms with Crippen LogP contribution in [0.3, 0.4) is 0 Å². The molecule has 6 rings (SSSR count). The normalized spacial score (nSPS) is 18.7. The third kappa shape index (κ3) is 5.40. The molecule has 5 aromatic rings. The maximum Gasteiger partial charge on any atom is 0.274 e. The van der Waals surface area contributed by atoms with Crippen LogP contribution in [-0.4, -0.2) is 50.0 Å². The van der Waals surface area contributed by atoms with Gasteiger partial charge in [-0.1, -0.05) is 24.3 Å². The van der Waals surface area contributed by atoms with Crippen LogP contribution in [0.4, 0.5) is 20.2 Å². The highest BCUT2D eigenvalue weighted by Crippen LogP contribution is 2.34. The summed E-state index contributed by atoms with van der Waals surface area (Å²) < 4.78 is 31.1. The van der Waals surface area contributed by atoms with Crippen molar-refractivity contribution in [3.63, 3.8) is 0 Å². The van der Waals surface area contributed by atoms with Crippen LogP contribution >= 0.6 is 20.6 Å². The van der Waals surface area contributed by atoms with Gasteiger partial charge in [0.05, 0.1) is 29.8 Å². The van der Waals surface area contributed by atoms with E-state index in [-0.39, 0.29) is 35.0 Å². The molecule has 4 aromatic heterocycles. The molecule has 9 nitrogen and oxygen atoms in total. The summed E-state index contributed by atoms with van der Waals surface area (Å²) in [4.78, 5) is 23.8. The maximum absolute atomic E-state index is 14.7. The number of pyridine rings is 2. The maximum atomic E-state index is 14.7. The van der Waals surface area contributed by atoms with E-state index in [4.69, 9.17) is 5.73 Å². The van der Waals surface area contributed by atoms with Crippen LogP contribution in [0.15, 0.2) is 71.8 Å². The number of carbonyl (C=O) groups excluding carboxylic acids is 1. The summed E-state index contributed by atoms with van der Waals surface area (Å²) in [5.41, 5.74) is 9.39. The molecule has 0 saturated carbocycles. The van der Waals surface area contributed by atoms with E-state index in [0.717, 1.165) is 23.0 Å². The summed E-state index contributed by atoms with van der Waals surface area (Å²) in [6.45, 7) is 3.25. The molecule has 1 unspecified atom stereocenters. The third-order valence-electron chi connectivity index (χ3n) is 7.34. The van der Waals surface area contributed by atoms with E-state index in [1.165, 1.54) is 18.2 Å². The zero-order valence-corrected chi connectivity index (χ0v) is 24.5. The van der Waals surface area contributed by atoms with Crippen molar-refractivity contribution < 1.29 is 13.6 Å². The second kappa shape index (κ2) is 11.6. The number of anilines is 2. The second-order valence-electron chi connectivity index (χ2n) is 10.2. The molecule has 1 saturated heterocycles. The van der Waals surface area contributed by atoms with Crippen molar-refractivity contribution in [1.29, 1.82) is 0 Å². The SMILES string of the molecule is C[C@H]1CN(c2ccncc2NC(=O)c2ccc(F)c(-c3c(F)cccc3P)n2)C[C@@H](N)[C@H]1n1cc(-c2ccsc2)nn1. The number of piperidine rings is 1. The summed E-state index contributed by atoms with van der Waals surface area (Å²) in [6.07, 6.45) is 5.12. The first-order valence-corrected chi connectivity index (χ1v) is 14.7. The van der Waals surface area contributed by atoms with Gasteiger partial charge < -0.3 is 16.0 Å². The van der Waals surface area contributed by atoms with E-state index >= 15 is 0 Å². The molecule has 0 aliphatic carbocycles. The molecule has 1 fully saturated rings. The smallest absolute Gasteiger partial charge is 0.274 e. The van der Waals surface area contributed by atoms with Gasteiger partial charge in [0, 0.05) is 41.8 Å². The van der Waals surface area contributed by atoms with Crippen molar-refractivity contribution in [1.82, 2.24) is 25.0 Å². The molecule has 1 amide bonds. The second-order valence-corrected chi connectivity index (χ2v) is 11.6. The average Bonchev–Trinajstić information content (AvgIpc) is 3.67. The van der Waals surface area contributed by atoms with Crippen molar-refractivity contribution in [2.75, 3.05) is 23.3 Å². The van der Waals surface area contributed by atoms with Gasteiger partial charge in [-0.25, -0.2) is 18.4 Å². The van der Waals surface area contributed by atoms with Gasteiger partial charge in [-0.3, -0.25) is 9.78 Å². The van der Waals surface area contributed by atoms with Crippen LogP contribution in [0.2, 0.25) is 0 Å². The zero-order valence-electron chi connectivity index (χ0n) is 22.5. The lowest BCUT2D eigenvalue weighted by Gasteiger charge is -2.42. The predicted octanol–water partition coefficient (Wildman–Crippen LogP) is 4.52. The van der Waals surface area contributed by atoms with Gasteiger partial charge in [-0.2, -0.15) is 11.3 Å². The van der Waals surface area contributed by atoms with Crippen LogP contribution in [-0.2, 0) is 0 Å². The van der Waals surface area contributed by atoms with Crippen molar-refractivity contribution in [2.45, 2.75) is 19.0 Å². The Labute approximate surface area is 247 Å². The molecule has 5 heterocycles. The first-order valence-electron chi connectivity index (χ1n) is 13.2. The van der Waals surface area contributed by atoms with Gasteiger partial charge in [-0.05, 0) is 46.9 Å². The Morgan fingerprint density at radius 1 is 1.14 bits per heavy atom. The monoisotopic (exact) mass is 604 g/mol. The van der Waals surface area contributed by atoms with E-state index in [1.807, 2.05) is 33.8 Å². The van der Waals surface area contributed by atoms with Gasteiger partial charge in [-0.15, -0.1) is 14.3 Å². The molecule has 13 heteroatoms. The average molecular weight is 605 g/mol. The molecule has 3 N–H and O–H groups in total. The molecule has 42 heavy (non-hydrogen) atoms. The van der Waals surface area contributed by atoms with E-state index in [2.05, 4.69) is 46.7 Å². The van der Waals surface area contributed by atoms with Crippen molar-refractivity contribution in [3.05, 3.63) is 89.1 Å². The minimum Gasteiger partial charge on any atom is -0.368 e. The summed E-state index contributed by atoms with van der Waals surface area (Å²) in [5.74, 6) is -1.85. The minimum atomic E-state index is -0.733. The Hall–Kier alpha value is -4.12. The highest BCUT2D eigenvalue weighted by molar-refractivity contribution is 7.28. The predicted molar refractivity (Wildman–Crippen MR) is 163 cm³/mol. The molecular weight excluding hydrogens is 577 g/mol. The largest absolute Gasteiger partial charge is 0.368 e. The molecule has 1 aliphatic heterocycles. The first kappa shape index (κ1) is 28.0. The van der Waals surface area contributed by atoms with Gasteiger partial charge in [0.15, 0.2) is 0 Å². The third-order valence-corrected chi connectivity index (χ3v) is 8.51. The molecule has 1 aromatic carbocycles. The van der Waals surface area contributed by atoms with E-state index in [1.54, 1.807) is 29.8 Å².